The average Bonchev–Trinajstić information content (AvgIpc) is 2.87. The first-order valence-corrected chi connectivity index (χ1v) is 9.11. The number of hydrogen-bond acceptors (Lipinski definition) is 3. The lowest BCUT2D eigenvalue weighted by molar-refractivity contribution is -0.690. The van der Waals surface area contributed by atoms with Crippen LogP contribution in [-0.2, 0) is 24.2 Å². The van der Waals surface area contributed by atoms with Gasteiger partial charge in [-0.3, -0.25) is 4.79 Å². The maximum Gasteiger partial charge on any atom is 0.290 e. The molecule has 0 radical (unpaired) electrons. The van der Waals surface area contributed by atoms with Gasteiger partial charge in [0.2, 0.25) is 6.54 Å². The van der Waals surface area contributed by atoms with E-state index in [2.05, 4.69) is 18.3 Å². The molecule has 1 aliphatic carbocycles. The Bertz CT molecular complexity index is 832. The van der Waals surface area contributed by atoms with Gasteiger partial charge in [-0.05, 0) is 43.7 Å². The highest BCUT2D eigenvalue weighted by Crippen LogP contribution is 2.39. The van der Waals surface area contributed by atoms with Crippen molar-refractivity contribution in [3.05, 3.63) is 45.6 Å². The molecule has 2 heterocycles. The molecule has 24 heavy (non-hydrogen) atoms. The number of pyridine rings is 1. The fourth-order valence-corrected chi connectivity index (χ4v) is 4.58. The van der Waals surface area contributed by atoms with E-state index in [1.807, 2.05) is 36.7 Å². The third kappa shape index (κ3) is 3.20. The molecule has 0 aromatic carbocycles. The number of carbonyl (C=O) groups is 1. The zero-order valence-corrected chi connectivity index (χ0v) is 15.2. The second-order valence-corrected chi connectivity index (χ2v) is 7.73. The molecule has 0 spiro atoms. The zero-order valence-electron chi connectivity index (χ0n) is 14.3. The van der Waals surface area contributed by atoms with Gasteiger partial charge < -0.3 is 5.32 Å². The molecule has 2 aromatic rings. The number of amides is 1. The van der Waals surface area contributed by atoms with Gasteiger partial charge in [0.1, 0.15) is 11.1 Å². The molecule has 0 fully saturated rings. The summed E-state index contributed by atoms with van der Waals surface area (Å²) >= 11 is 1.57. The van der Waals surface area contributed by atoms with Gasteiger partial charge >= 0.3 is 0 Å². The summed E-state index contributed by atoms with van der Waals surface area (Å²) in [5.74, 6) is 0.564. The summed E-state index contributed by atoms with van der Waals surface area (Å²) in [6.45, 7) is 6.54. The molecule has 1 N–H and O–H groups in total. The molecule has 3 rings (SSSR count). The standard InChI is InChI=1S/C19H21N3OS/c1-12-6-7-15-16(10-20)19(24-17(15)9-12)21-18(23)11-22-8-4-5-13(2)14(22)3/h4-5,8,12H,6-7,9,11H2,1-3H3/p+1/t12-/m1/s1. The van der Waals surface area contributed by atoms with Crippen LogP contribution in [0.15, 0.2) is 18.3 Å². The SMILES string of the molecule is Cc1ccc[n+](CC(=O)Nc2sc3c(c2C#N)CC[C@@H](C)C3)c1C. The molecule has 5 heteroatoms. The molecular formula is C19H22N3OS+. The Balaban J connectivity index is 1.80. The predicted octanol–water partition coefficient (Wildman–Crippen LogP) is 3.29. The minimum atomic E-state index is -0.0863. The topological polar surface area (TPSA) is 56.8 Å². The van der Waals surface area contributed by atoms with Gasteiger partial charge in [-0.1, -0.05) is 6.92 Å². The van der Waals surface area contributed by atoms with Crippen molar-refractivity contribution in [1.82, 2.24) is 0 Å². The number of nitrogens with one attached hydrogen (secondary N) is 1. The summed E-state index contributed by atoms with van der Waals surface area (Å²) in [5.41, 5.74) is 4.05. The lowest BCUT2D eigenvalue weighted by atomic mass is 9.89. The van der Waals surface area contributed by atoms with E-state index in [-0.39, 0.29) is 12.5 Å². The Kier molecular flexibility index (Phi) is 4.68. The zero-order chi connectivity index (χ0) is 17.3. The third-order valence-corrected chi connectivity index (χ3v) is 5.97. The Hall–Kier alpha value is -2.19. The number of hydrogen-bond donors (Lipinski definition) is 1. The second-order valence-electron chi connectivity index (χ2n) is 6.62. The largest absolute Gasteiger partial charge is 0.311 e. The number of rotatable bonds is 3. The molecule has 0 aliphatic heterocycles. The maximum absolute atomic E-state index is 12.5. The van der Waals surface area contributed by atoms with Gasteiger partial charge in [-0.2, -0.15) is 9.83 Å². The fourth-order valence-electron chi connectivity index (χ4n) is 3.20. The normalized spacial score (nSPS) is 16.3. The summed E-state index contributed by atoms with van der Waals surface area (Å²) in [6, 6.07) is 6.28. The van der Waals surface area contributed by atoms with Crippen LogP contribution in [0.5, 0.6) is 0 Å². The number of nitrogens with zero attached hydrogens (tertiary/aromatic N) is 2. The van der Waals surface area contributed by atoms with Gasteiger partial charge in [0.15, 0.2) is 11.9 Å². The minimum Gasteiger partial charge on any atom is -0.311 e. The van der Waals surface area contributed by atoms with E-state index < -0.39 is 0 Å². The fraction of sp³-hybridized carbons (Fsp3) is 0.421. The second kappa shape index (κ2) is 6.74. The Morgan fingerprint density at radius 1 is 1.50 bits per heavy atom. The molecule has 0 bridgehead atoms. The van der Waals surface area contributed by atoms with Crippen molar-refractivity contribution in [2.45, 2.75) is 46.6 Å². The van der Waals surface area contributed by atoms with Crippen molar-refractivity contribution in [2.24, 2.45) is 5.92 Å². The van der Waals surface area contributed by atoms with Crippen LogP contribution in [0.1, 0.15) is 40.6 Å². The highest BCUT2D eigenvalue weighted by Gasteiger charge is 2.25. The number of nitriles is 1. The first-order chi connectivity index (χ1) is 11.5. The van der Waals surface area contributed by atoms with Crippen LogP contribution in [-0.4, -0.2) is 5.91 Å². The first kappa shape index (κ1) is 16.7. The lowest BCUT2D eigenvalue weighted by Gasteiger charge is -2.17. The van der Waals surface area contributed by atoms with Crippen LogP contribution in [0.4, 0.5) is 5.00 Å². The van der Waals surface area contributed by atoms with Gasteiger partial charge in [0.05, 0.1) is 5.56 Å². The third-order valence-electron chi connectivity index (χ3n) is 4.80. The smallest absolute Gasteiger partial charge is 0.290 e. The van der Waals surface area contributed by atoms with E-state index in [1.165, 1.54) is 4.88 Å². The van der Waals surface area contributed by atoms with Crippen LogP contribution < -0.4 is 9.88 Å². The number of thiophene rings is 1. The highest BCUT2D eigenvalue weighted by molar-refractivity contribution is 7.16. The van der Waals surface area contributed by atoms with Gasteiger partial charge in [-0.25, -0.2) is 0 Å². The molecule has 2 aromatic heterocycles. The Morgan fingerprint density at radius 2 is 2.29 bits per heavy atom. The van der Waals surface area contributed by atoms with Crippen molar-refractivity contribution in [3.63, 3.8) is 0 Å². The van der Waals surface area contributed by atoms with Crippen molar-refractivity contribution < 1.29 is 9.36 Å². The van der Waals surface area contributed by atoms with Crippen molar-refractivity contribution in [1.29, 1.82) is 5.26 Å². The minimum absolute atomic E-state index is 0.0863. The molecule has 1 amide bonds. The lowest BCUT2D eigenvalue weighted by Crippen LogP contribution is -2.43. The Morgan fingerprint density at radius 3 is 3.04 bits per heavy atom. The van der Waals surface area contributed by atoms with Crippen molar-refractivity contribution in [3.8, 4) is 6.07 Å². The first-order valence-electron chi connectivity index (χ1n) is 8.29. The van der Waals surface area contributed by atoms with Crippen molar-refractivity contribution in [2.75, 3.05) is 5.32 Å². The quantitative estimate of drug-likeness (QED) is 0.872. The summed E-state index contributed by atoms with van der Waals surface area (Å²) < 4.78 is 1.94. The molecule has 0 saturated carbocycles. The van der Waals surface area contributed by atoms with E-state index in [4.69, 9.17) is 0 Å². The molecule has 4 nitrogen and oxygen atoms in total. The van der Waals surface area contributed by atoms with Crippen LogP contribution in [0.25, 0.3) is 0 Å². The van der Waals surface area contributed by atoms with Crippen LogP contribution in [0.2, 0.25) is 0 Å². The van der Waals surface area contributed by atoms with Gasteiger partial charge in [-0.15, -0.1) is 11.3 Å². The van der Waals surface area contributed by atoms with Crippen LogP contribution in [0.3, 0.4) is 0 Å². The van der Waals surface area contributed by atoms with E-state index in [0.717, 1.165) is 36.1 Å². The molecule has 1 aliphatic rings. The van der Waals surface area contributed by atoms with E-state index in [9.17, 15) is 10.1 Å². The number of carbonyl (C=O) groups excluding carboxylic acids is 1. The molecule has 1 atom stereocenters. The molecular weight excluding hydrogens is 318 g/mol. The van der Waals surface area contributed by atoms with Crippen LogP contribution >= 0.6 is 11.3 Å². The summed E-state index contributed by atoms with van der Waals surface area (Å²) in [6.07, 6.45) is 4.98. The summed E-state index contributed by atoms with van der Waals surface area (Å²) in [7, 11) is 0. The summed E-state index contributed by atoms with van der Waals surface area (Å²) in [5, 5.41) is 13.2. The number of aromatic nitrogens is 1. The maximum atomic E-state index is 12.5. The number of fused-ring (bicyclic) bond motifs is 1. The van der Waals surface area contributed by atoms with Crippen molar-refractivity contribution >= 4 is 22.2 Å². The molecule has 0 unspecified atom stereocenters. The number of anilines is 1. The summed E-state index contributed by atoms with van der Waals surface area (Å²) in [4.78, 5) is 13.7. The van der Waals surface area contributed by atoms with E-state index >= 15 is 0 Å². The van der Waals surface area contributed by atoms with Crippen LogP contribution in [0, 0.1) is 31.1 Å². The predicted molar refractivity (Wildman–Crippen MR) is 95.0 cm³/mol. The number of aryl methyl sites for hydroxylation is 1. The average molecular weight is 340 g/mol. The van der Waals surface area contributed by atoms with E-state index in [1.54, 1.807) is 11.3 Å². The molecule has 0 saturated heterocycles. The Labute approximate surface area is 146 Å². The monoisotopic (exact) mass is 340 g/mol. The van der Waals surface area contributed by atoms with E-state index in [0.29, 0.717) is 16.5 Å². The highest BCUT2D eigenvalue weighted by atomic mass is 32.1. The van der Waals surface area contributed by atoms with Gasteiger partial charge in [0, 0.05) is 23.4 Å². The molecule has 124 valence electrons. The van der Waals surface area contributed by atoms with Gasteiger partial charge in [0.25, 0.3) is 5.91 Å².